The first-order chi connectivity index (χ1) is 12.7. The molecule has 0 bridgehead atoms. The summed E-state index contributed by atoms with van der Waals surface area (Å²) in [6.45, 7) is 4.78. The van der Waals surface area contributed by atoms with E-state index in [1.54, 1.807) is 24.3 Å². The van der Waals surface area contributed by atoms with E-state index >= 15 is 0 Å². The van der Waals surface area contributed by atoms with Gasteiger partial charge >= 0.3 is 11.9 Å². The maximum atomic E-state index is 11.9. The van der Waals surface area contributed by atoms with Crippen molar-refractivity contribution >= 4 is 11.9 Å². The molecule has 4 nitrogen and oxygen atoms in total. The smallest absolute Gasteiger partial charge is 0.339 e. The Bertz CT molecular complexity index is 468. The van der Waals surface area contributed by atoms with Gasteiger partial charge in [-0.15, -0.1) is 0 Å². The van der Waals surface area contributed by atoms with Crippen molar-refractivity contribution in [3.05, 3.63) is 35.4 Å². The number of carbonyl (C=O) groups is 2. The number of unbranched alkanes of at least 4 members (excludes halogenated alkanes) is 2. The number of hydrogen-bond acceptors (Lipinski definition) is 4. The second kappa shape index (κ2) is 14.3. The lowest BCUT2D eigenvalue weighted by Crippen LogP contribution is -2.14. The number of esters is 2. The molecule has 0 aromatic heterocycles. The van der Waals surface area contributed by atoms with Gasteiger partial charge in [0.15, 0.2) is 0 Å². The van der Waals surface area contributed by atoms with Crippen LogP contribution in [0.25, 0.3) is 0 Å². The van der Waals surface area contributed by atoms with Crippen LogP contribution in [-0.2, 0) is 9.47 Å². The first-order valence-corrected chi connectivity index (χ1v) is 10.1. The van der Waals surface area contributed by atoms with Crippen LogP contribution in [0.15, 0.2) is 24.3 Å². The van der Waals surface area contributed by atoms with Crippen LogP contribution in [0.3, 0.4) is 0 Å². The van der Waals surface area contributed by atoms with E-state index in [2.05, 4.69) is 0 Å². The Hall–Kier alpha value is -1.84. The lowest BCUT2D eigenvalue weighted by Gasteiger charge is -2.09. The van der Waals surface area contributed by atoms with Crippen LogP contribution in [0, 0.1) is 0 Å². The average Bonchev–Trinajstić information content (AvgIpc) is 2.70. The zero-order valence-corrected chi connectivity index (χ0v) is 16.4. The standard InChI is InChI=1S/C16H22O4.C6H12/c1-3-5-11-19-15(17)13-9-7-8-10-14(13)16(18)20-12-6-4-2;1-2-4-6-5-3-1/h7-10H,3-6,11-12H2,1-2H3;1-6H2. The molecule has 2 rings (SSSR count). The van der Waals surface area contributed by atoms with Crippen molar-refractivity contribution in [1.82, 2.24) is 0 Å². The Balaban J connectivity index is 0.000000472. The molecular formula is C22H34O4. The molecule has 1 aromatic carbocycles. The van der Waals surface area contributed by atoms with Crippen LogP contribution in [0.2, 0.25) is 0 Å². The molecule has 146 valence electrons. The monoisotopic (exact) mass is 362 g/mol. The molecule has 1 aromatic rings. The van der Waals surface area contributed by atoms with Crippen LogP contribution in [-0.4, -0.2) is 25.2 Å². The maximum Gasteiger partial charge on any atom is 0.339 e. The van der Waals surface area contributed by atoms with Gasteiger partial charge < -0.3 is 9.47 Å². The van der Waals surface area contributed by atoms with Crippen LogP contribution in [0.5, 0.6) is 0 Å². The van der Waals surface area contributed by atoms with Gasteiger partial charge in [-0.2, -0.15) is 0 Å². The highest BCUT2D eigenvalue weighted by Gasteiger charge is 2.18. The second-order valence-corrected chi connectivity index (χ2v) is 6.65. The minimum atomic E-state index is -0.471. The van der Waals surface area contributed by atoms with E-state index in [4.69, 9.17) is 9.47 Å². The van der Waals surface area contributed by atoms with E-state index in [1.807, 2.05) is 13.8 Å². The molecule has 0 spiro atoms. The van der Waals surface area contributed by atoms with Crippen molar-refractivity contribution in [2.45, 2.75) is 78.1 Å². The lowest BCUT2D eigenvalue weighted by atomic mass is 10.0. The van der Waals surface area contributed by atoms with Gasteiger partial charge in [0.25, 0.3) is 0 Å². The largest absolute Gasteiger partial charge is 0.462 e. The predicted octanol–water partition coefficient (Wildman–Crippen LogP) is 5.94. The van der Waals surface area contributed by atoms with E-state index < -0.39 is 11.9 Å². The molecule has 0 N–H and O–H groups in total. The van der Waals surface area contributed by atoms with Crippen molar-refractivity contribution < 1.29 is 19.1 Å². The summed E-state index contributed by atoms with van der Waals surface area (Å²) in [5.74, 6) is -0.942. The molecule has 1 aliphatic rings. The first-order valence-electron chi connectivity index (χ1n) is 10.1. The minimum absolute atomic E-state index is 0.269. The normalized spacial score (nSPS) is 13.3. The summed E-state index contributed by atoms with van der Waals surface area (Å²) in [6, 6.07) is 6.59. The van der Waals surface area contributed by atoms with E-state index in [-0.39, 0.29) is 11.1 Å². The number of carbonyl (C=O) groups excluding carboxylic acids is 2. The highest BCUT2D eigenvalue weighted by molar-refractivity contribution is 6.03. The molecule has 0 saturated heterocycles. The highest BCUT2D eigenvalue weighted by atomic mass is 16.5. The summed E-state index contributed by atoms with van der Waals surface area (Å²) in [5.41, 5.74) is 0.537. The van der Waals surface area contributed by atoms with Crippen LogP contribution < -0.4 is 0 Å². The zero-order chi connectivity index (χ0) is 19.0. The third-order valence-corrected chi connectivity index (χ3v) is 4.33. The summed E-state index contributed by atoms with van der Waals surface area (Å²) in [5, 5.41) is 0. The zero-order valence-electron chi connectivity index (χ0n) is 16.4. The number of benzene rings is 1. The summed E-state index contributed by atoms with van der Waals surface area (Å²) in [7, 11) is 0. The third kappa shape index (κ3) is 9.02. The molecule has 1 saturated carbocycles. The Kier molecular flexibility index (Phi) is 12.2. The number of ether oxygens (including phenoxy) is 2. The molecule has 1 aliphatic carbocycles. The van der Waals surface area contributed by atoms with Crippen LogP contribution in [0.4, 0.5) is 0 Å². The Morgan fingerprint density at radius 2 is 1.08 bits per heavy atom. The predicted molar refractivity (Wildman–Crippen MR) is 105 cm³/mol. The van der Waals surface area contributed by atoms with Crippen molar-refractivity contribution in [2.24, 2.45) is 0 Å². The van der Waals surface area contributed by atoms with E-state index in [0.717, 1.165) is 25.7 Å². The van der Waals surface area contributed by atoms with Gasteiger partial charge in [-0.05, 0) is 25.0 Å². The fourth-order valence-corrected chi connectivity index (χ4v) is 2.67. The summed E-state index contributed by atoms with van der Waals surface area (Å²) >= 11 is 0. The summed E-state index contributed by atoms with van der Waals surface area (Å²) in [6.07, 6.45) is 12.5. The van der Waals surface area contributed by atoms with Gasteiger partial charge in [0, 0.05) is 0 Å². The van der Waals surface area contributed by atoms with E-state index in [0.29, 0.717) is 13.2 Å². The molecule has 0 heterocycles. The fraction of sp³-hybridized carbons (Fsp3) is 0.636. The van der Waals surface area contributed by atoms with Crippen molar-refractivity contribution in [3.8, 4) is 0 Å². The topological polar surface area (TPSA) is 52.6 Å². The van der Waals surface area contributed by atoms with Gasteiger partial charge in [-0.25, -0.2) is 9.59 Å². The summed E-state index contributed by atoms with van der Waals surface area (Å²) in [4.78, 5) is 23.9. The van der Waals surface area contributed by atoms with E-state index in [1.165, 1.54) is 38.5 Å². The molecule has 1 fully saturated rings. The Labute approximate surface area is 158 Å². The quantitative estimate of drug-likeness (QED) is 0.424. The maximum absolute atomic E-state index is 11.9. The SMILES string of the molecule is C1CCCCC1.CCCCOC(=O)c1ccccc1C(=O)OCCCC. The lowest BCUT2D eigenvalue weighted by molar-refractivity contribution is 0.0452. The average molecular weight is 363 g/mol. The minimum Gasteiger partial charge on any atom is -0.462 e. The molecule has 0 amide bonds. The first kappa shape index (κ1) is 22.2. The van der Waals surface area contributed by atoms with Gasteiger partial charge in [-0.3, -0.25) is 0 Å². The van der Waals surface area contributed by atoms with Gasteiger partial charge in [-0.1, -0.05) is 77.3 Å². The Morgan fingerprint density at radius 1 is 0.731 bits per heavy atom. The van der Waals surface area contributed by atoms with Gasteiger partial charge in [0.05, 0.1) is 24.3 Å². The van der Waals surface area contributed by atoms with Crippen LogP contribution in [0.1, 0.15) is 98.8 Å². The van der Waals surface area contributed by atoms with Gasteiger partial charge in [0.1, 0.15) is 0 Å². The molecule has 0 atom stereocenters. The van der Waals surface area contributed by atoms with E-state index in [9.17, 15) is 9.59 Å². The molecule has 0 radical (unpaired) electrons. The van der Waals surface area contributed by atoms with Crippen molar-refractivity contribution in [3.63, 3.8) is 0 Å². The second-order valence-electron chi connectivity index (χ2n) is 6.65. The van der Waals surface area contributed by atoms with Gasteiger partial charge in [0.2, 0.25) is 0 Å². The molecule has 0 aliphatic heterocycles. The number of rotatable bonds is 8. The molecule has 0 unspecified atom stereocenters. The molecule has 4 heteroatoms. The fourth-order valence-electron chi connectivity index (χ4n) is 2.67. The highest BCUT2D eigenvalue weighted by Crippen LogP contribution is 2.15. The Morgan fingerprint density at radius 3 is 1.38 bits per heavy atom. The van der Waals surface area contributed by atoms with Crippen molar-refractivity contribution in [1.29, 1.82) is 0 Å². The summed E-state index contributed by atoms with van der Waals surface area (Å²) < 4.78 is 10.3. The van der Waals surface area contributed by atoms with Crippen LogP contribution >= 0.6 is 0 Å². The molecule has 26 heavy (non-hydrogen) atoms. The third-order valence-electron chi connectivity index (χ3n) is 4.33. The molecular weight excluding hydrogens is 328 g/mol. The number of hydrogen-bond donors (Lipinski definition) is 0. The van der Waals surface area contributed by atoms with Crippen molar-refractivity contribution in [2.75, 3.05) is 13.2 Å².